The maximum atomic E-state index is 12.5. The van der Waals surface area contributed by atoms with Gasteiger partial charge in [-0.1, -0.05) is 170 Å². The van der Waals surface area contributed by atoms with E-state index in [2.05, 4.69) is 92.1 Å². The van der Waals surface area contributed by atoms with Crippen molar-refractivity contribution in [3.8, 4) is 0 Å². The second-order valence-corrected chi connectivity index (χ2v) is 15.4. The first-order valence-electron chi connectivity index (χ1n) is 20.8. The van der Waals surface area contributed by atoms with Crippen molar-refractivity contribution in [3.05, 3.63) is 85.1 Å². The van der Waals surface area contributed by atoms with E-state index in [1.807, 2.05) is 0 Å². The first kappa shape index (κ1) is 49.5. The summed E-state index contributed by atoms with van der Waals surface area (Å²) in [5, 5.41) is 13.2. The maximum absolute atomic E-state index is 12.5. The van der Waals surface area contributed by atoms with Crippen LogP contribution in [0.5, 0.6) is 0 Å². The Balaban J connectivity index is 4.07. The number of allylic oxidation sites excluding steroid dienone is 13. The molecule has 0 fully saturated rings. The Morgan fingerprint density at radius 2 is 0.942 bits per heavy atom. The van der Waals surface area contributed by atoms with Gasteiger partial charge in [0.2, 0.25) is 5.91 Å². The van der Waals surface area contributed by atoms with Crippen LogP contribution in [-0.4, -0.2) is 41.9 Å². The molecule has 0 radical (unpaired) electrons. The third-order valence-electron chi connectivity index (χ3n) is 8.78. The molecule has 0 aliphatic carbocycles. The number of carbonyl (C=O) groups excluding carboxylic acids is 1. The molecule has 2 unspecified atom stereocenters. The molecule has 52 heavy (non-hydrogen) atoms. The number of rotatable bonds is 36. The summed E-state index contributed by atoms with van der Waals surface area (Å²) >= 11 is 0. The summed E-state index contributed by atoms with van der Waals surface area (Å²) in [4.78, 5) is 12.5. The van der Waals surface area contributed by atoms with Gasteiger partial charge in [-0.05, 0) is 83.5 Å². The standard InChI is InChI=1S/C45H77NO5S/c1-3-5-7-9-11-13-15-17-19-21-22-23-25-26-28-30-32-34-36-38-40-44(47)43(42-52(49,50)51)46-45(48)41-39-37-35-33-31-29-27-24-20-18-16-14-12-10-8-6-4-2/h6,8,12,14,18,20,23,25,27,29-30,32,38,40,43-44,47H,3-5,7,9-11,13,15-17,19,21-22,24,26,28,31,33-37,39,41-42H2,1-2H3,(H,46,48)(H,49,50,51)/b8-6-,14-12-,20-18-,25-23+,29-27-,32-30+,40-38+. The summed E-state index contributed by atoms with van der Waals surface area (Å²) in [5.41, 5.74) is 0. The second-order valence-electron chi connectivity index (χ2n) is 13.9. The molecule has 0 aromatic rings. The van der Waals surface area contributed by atoms with Gasteiger partial charge in [0.1, 0.15) is 0 Å². The van der Waals surface area contributed by atoms with E-state index in [9.17, 15) is 22.9 Å². The van der Waals surface area contributed by atoms with Crippen molar-refractivity contribution in [2.75, 3.05) is 5.75 Å². The van der Waals surface area contributed by atoms with E-state index in [1.54, 1.807) is 6.08 Å². The molecule has 0 heterocycles. The summed E-state index contributed by atoms with van der Waals surface area (Å²) in [6.07, 6.45) is 55.7. The molecule has 2 atom stereocenters. The van der Waals surface area contributed by atoms with Crippen molar-refractivity contribution in [2.24, 2.45) is 0 Å². The quantitative estimate of drug-likeness (QED) is 0.0337. The van der Waals surface area contributed by atoms with E-state index in [-0.39, 0.29) is 12.3 Å². The lowest BCUT2D eigenvalue weighted by Gasteiger charge is -2.21. The summed E-state index contributed by atoms with van der Waals surface area (Å²) in [6, 6.07) is -1.10. The number of aliphatic hydroxyl groups is 1. The predicted octanol–water partition coefficient (Wildman–Crippen LogP) is 12.4. The Kier molecular flexibility index (Phi) is 36.4. The van der Waals surface area contributed by atoms with Gasteiger partial charge in [-0.3, -0.25) is 9.35 Å². The fraction of sp³-hybridized carbons (Fsp3) is 0.667. The monoisotopic (exact) mass is 744 g/mol. The van der Waals surface area contributed by atoms with E-state index in [0.717, 1.165) is 70.6 Å². The van der Waals surface area contributed by atoms with Crippen LogP contribution in [0.25, 0.3) is 0 Å². The third kappa shape index (κ3) is 38.7. The Morgan fingerprint density at radius 1 is 0.538 bits per heavy atom. The minimum Gasteiger partial charge on any atom is -0.387 e. The van der Waals surface area contributed by atoms with Crippen molar-refractivity contribution < 1.29 is 22.9 Å². The highest BCUT2D eigenvalue weighted by Crippen LogP contribution is 2.12. The zero-order chi connectivity index (χ0) is 38.2. The van der Waals surface area contributed by atoms with E-state index in [1.165, 1.54) is 76.7 Å². The molecule has 7 heteroatoms. The molecule has 0 saturated heterocycles. The van der Waals surface area contributed by atoms with Gasteiger partial charge in [0.25, 0.3) is 10.1 Å². The average Bonchev–Trinajstić information content (AvgIpc) is 3.11. The number of nitrogens with one attached hydrogen (secondary N) is 1. The number of amides is 1. The highest BCUT2D eigenvalue weighted by Gasteiger charge is 2.24. The predicted molar refractivity (Wildman–Crippen MR) is 225 cm³/mol. The molecule has 0 bridgehead atoms. The number of hydrogen-bond acceptors (Lipinski definition) is 4. The SMILES string of the molecule is CC/C=C\C/C=C\C/C=C\C/C=C\CCCCCCC(=O)NC(CS(=O)(=O)O)C(O)/C=C/CC/C=C/CC/C=C/CCCCCCCCCCCC. The van der Waals surface area contributed by atoms with Crippen LogP contribution in [0, 0.1) is 0 Å². The van der Waals surface area contributed by atoms with Crippen LogP contribution in [-0.2, 0) is 14.9 Å². The molecule has 0 aliphatic heterocycles. The van der Waals surface area contributed by atoms with E-state index >= 15 is 0 Å². The molecule has 0 aromatic heterocycles. The molecular formula is C45H77NO5S. The molecule has 0 aromatic carbocycles. The van der Waals surface area contributed by atoms with Gasteiger partial charge in [0.15, 0.2) is 0 Å². The van der Waals surface area contributed by atoms with Crippen molar-refractivity contribution in [1.82, 2.24) is 5.32 Å². The molecular weight excluding hydrogens is 667 g/mol. The summed E-state index contributed by atoms with van der Waals surface area (Å²) in [5.74, 6) is -1.05. The Bertz CT molecular complexity index is 1130. The number of carbonyl (C=O) groups is 1. The average molecular weight is 744 g/mol. The number of aliphatic hydroxyl groups excluding tert-OH is 1. The fourth-order valence-corrected chi connectivity index (χ4v) is 6.44. The topological polar surface area (TPSA) is 104 Å². The van der Waals surface area contributed by atoms with Crippen LogP contribution in [0.2, 0.25) is 0 Å². The lowest BCUT2D eigenvalue weighted by atomic mass is 10.1. The van der Waals surface area contributed by atoms with Gasteiger partial charge in [-0.2, -0.15) is 8.42 Å². The first-order chi connectivity index (χ1) is 25.3. The van der Waals surface area contributed by atoms with Crippen LogP contribution in [0.4, 0.5) is 0 Å². The summed E-state index contributed by atoms with van der Waals surface area (Å²) < 4.78 is 32.5. The van der Waals surface area contributed by atoms with Crippen LogP contribution in [0.15, 0.2) is 85.1 Å². The first-order valence-corrected chi connectivity index (χ1v) is 22.4. The highest BCUT2D eigenvalue weighted by molar-refractivity contribution is 7.85. The van der Waals surface area contributed by atoms with E-state index in [0.29, 0.717) is 12.8 Å². The Labute approximate surface area is 320 Å². The smallest absolute Gasteiger partial charge is 0.267 e. The summed E-state index contributed by atoms with van der Waals surface area (Å²) in [7, 11) is -4.37. The van der Waals surface area contributed by atoms with Crippen LogP contribution >= 0.6 is 0 Å². The van der Waals surface area contributed by atoms with E-state index < -0.39 is 28.0 Å². The third-order valence-corrected chi connectivity index (χ3v) is 9.56. The van der Waals surface area contributed by atoms with Crippen molar-refractivity contribution >= 4 is 16.0 Å². The zero-order valence-electron chi connectivity index (χ0n) is 33.1. The zero-order valence-corrected chi connectivity index (χ0v) is 34.0. The van der Waals surface area contributed by atoms with Gasteiger partial charge in [-0.15, -0.1) is 0 Å². The Hall–Kier alpha value is -2.48. The lowest BCUT2D eigenvalue weighted by molar-refractivity contribution is -0.122. The minimum atomic E-state index is -4.37. The van der Waals surface area contributed by atoms with Gasteiger partial charge < -0.3 is 10.4 Å². The molecule has 0 spiro atoms. The van der Waals surface area contributed by atoms with Crippen molar-refractivity contribution in [3.63, 3.8) is 0 Å². The molecule has 1 amide bonds. The second kappa shape index (κ2) is 38.3. The van der Waals surface area contributed by atoms with Crippen LogP contribution in [0.1, 0.15) is 174 Å². The Morgan fingerprint density at radius 3 is 1.44 bits per heavy atom. The highest BCUT2D eigenvalue weighted by atomic mass is 32.2. The molecule has 6 nitrogen and oxygen atoms in total. The number of hydrogen-bond donors (Lipinski definition) is 3. The molecule has 3 N–H and O–H groups in total. The van der Waals surface area contributed by atoms with Gasteiger partial charge in [0.05, 0.1) is 17.9 Å². The fourth-order valence-electron chi connectivity index (χ4n) is 5.71. The summed E-state index contributed by atoms with van der Waals surface area (Å²) in [6.45, 7) is 4.40. The largest absolute Gasteiger partial charge is 0.387 e. The van der Waals surface area contributed by atoms with E-state index in [4.69, 9.17) is 0 Å². The minimum absolute atomic E-state index is 0.252. The van der Waals surface area contributed by atoms with Gasteiger partial charge >= 0.3 is 0 Å². The molecule has 298 valence electrons. The van der Waals surface area contributed by atoms with Crippen molar-refractivity contribution in [2.45, 2.75) is 187 Å². The number of unbranched alkanes of at least 4 members (excludes halogenated alkanes) is 16. The normalized spacial score (nSPS) is 14.2. The maximum Gasteiger partial charge on any atom is 0.267 e. The van der Waals surface area contributed by atoms with Crippen LogP contribution in [0.3, 0.4) is 0 Å². The molecule has 0 rings (SSSR count). The lowest BCUT2D eigenvalue weighted by Crippen LogP contribution is -2.46. The molecule has 0 aliphatic rings. The van der Waals surface area contributed by atoms with Gasteiger partial charge in [0, 0.05) is 6.42 Å². The van der Waals surface area contributed by atoms with Gasteiger partial charge in [-0.25, -0.2) is 0 Å². The van der Waals surface area contributed by atoms with Crippen molar-refractivity contribution in [1.29, 1.82) is 0 Å². The molecule has 0 saturated carbocycles. The van der Waals surface area contributed by atoms with Crippen LogP contribution < -0.4 is 5.32 Å².